The summed E-state index contributed by atoms with van der Waals surface area (Å²) < 4.78 is 5.20. The maximum Gasteiger partial charge on any atom is 0.243 e. The summed E-state index contributed by atoms with van der Waals surface area (Å²) in [5.41, 5.74) is 8.58. The Morgan fingerprint density at radius 3 is 1.89 bits per heavy atom. The Hall–Kier alpha value is -4.17. The van der Waals surface area contributed by atoms with Crippen LogP contribution in [-0.4, -0.2) is 43.0 Å². The maximum absolute atomic E-state index is 13.5. The number of aryl methyl sites for hydroxylation is 1. The number of nitrogens with one attached hydrogen (secondary N) is 3. The van der Waals surface area contributed by atoms with Gasteiger partial charge in [-0.2, -0.15) is 0 Å². The minimum Gasteiger partial charge on any atom is -0.497 e. The molecule has 0 radical (unpaired) electrons. The van der Waals surface area contributed by atoms with Crippen LogP contribution in [0.2, 0.25) is 0 Å². The van der Waals surface area contributed by atoms with Crippen molar-refractivity contribution in [1.82, 2.24) is 16.0 Å². The molecule has 0 bridgehead atoms. The van der Waals surface area contributed by atoms with E-state index in [1.165, 1.54) is 0 Å². The third kappa shape index (κ3) is 9.05. The average Bonchev–Trinajstić information content (AvgIpc) is 2.94. The highest BCUT2D eigenvalue weighted by Crippen LogP contribution is 2.13. The molecule has 0 saturated carbocycles. The molecule has 8 heteroatoms. The van der Waals surface area contributed by atoms with Gasteiger partial charge in [0, 0.05) is 13.0 Å². The zero-order valence-electron chi connectivity index (χ0n) is 21.9. The van der Waals surface area contributed by atoms with E-state index in [1.807, 2.05) is 72.8 Å². The number of carbonyl (C=O) groups excluding carboxylic acids is 3. The Morgan fingerprint density at radius 2 is 1.32 bits per heavy atom. The minimum absolute atomic E-state index is 0.228. The third-order valence-corrected chi connectivity index (χ3v) is 6.15. The predicted octanol–water partition coefficient (Wildman–Crippen LogP) is 2.50. The van der Waals surface area contributed by atoms with Crippen LogP contribution in [0.3, 0.4) is 0 Å². The number of carbonyl (C=O) groups is 3. The number of hydrogen-bond donors (Lipinski definition) is 4. The number of benzene rings is 3. The van der Waals surface area contributed by atoms with Gasteiger partial charge < -0.3 is 26.4 Å². The van der Waals surface area contributed by atoms with Crippen molar-refractivity contribution in [3.63, 3.8) is 0 Å². The lowest BCUT2D eigenvalue weighted by molar-refractivity contribution is -0.132. The molecule has 3 atom stereocenters. The van der Waals surface area contributed by atoms with Gasteiger partial charge in [-0.1, -0.05) is 72.8 Å². The van der Waals surface area contributed by atoms with E-state index < -0.39 is 29.9 Å². The second-order valence-electron chi connectivity index (χ2n) is 9.19. The van der Waals surface area contributed by atoms with E-state index in [-0.39, 0.29) is 12.3 Å². The second-order valence-corrected chi connectivity index (χ2v) is 9.19. The van der Waals surface area contributed by atoms with Gasteiger partial charge in [0.25, 0.3) is 0 Å². The summed E-state index contributed by atoms with van der Waals surface area (Å²) in [6.45, 7) is 1.89. The van der Waals surface area contributed by atoms with E-state index in [2.05, 4.69) is 16.0 Å². The van der Waals surface area contributed by atoms with Crippen molar-refractivity contribution >= 4 is 17.7 Å². The van der Waals surface area contributed by atoms with Crippen LogP contribution < -0.4 is 26.4 Å². The molecule has 0 heterocycles. The van der Waals surface area contributed by atoms with E-state index in [1.54, 1.807) is 26.2 Å². The lowest BCUT2D eigenvalue weighted by Gasteiger charge is -2.24. The van der Waals surface area contributed by atoms with Gasteiger partial charge in [-0.05, 0) is 48.6 Å². The van der Waals surface area contributed by atoms with Crippen molar-refractivity contribution in [1.29, 1.82) is 0 Å². The molecular weight excluding hydrogens is 480 g/mol. The molecule has 3 amide bonds. The normalized spacial score (nSPS) is 13.0. The summed E-state index contributed by atoms with van der Waals surface area (Å²) in [4.78, 5) is 39.1. The van der Waals surface area contributed by atoms with Crippen LogP contribution in [-0.2, 0) is 33.8 Å². The van der Waals surface area contributed by atoms with Crippen molar-refractivity contribution in [2.24, 2.45) is 5.73 Å². The largest absolute Gasteiger partial charge is 0.497 e. The van der Waals surface area contributed by atoms with E-state index >= 15 is 0 Å². The van der Waals surface area contributed by atoms with Gasteiger partial charge >= 0.3 is 0 Å². The first-order valence-corrected chi connectivity index (χ1v) is 12.7. The summed E-state index contributed by atoms with van der Waals surface area (Å²) in [6.07, 6.45) is 1.22. The molecule has 0 aliphatic carbocycles. The molecular formula is C30H36N4O4. The van der Waals surface area contributed by atoms with Gasteiger partial charge in [0.15, 0.2) is 0 Å². The van der Waals surface area contributed by atoms with Gasteiger partial charge in [-0.3, -0.25) is 14.4 Å². The zero-order chi connectivity index (χ0) is 27.3. The molecule has 0 aromatic heterocycles. The fourth-order valence-electron chi connectivity index (χ4n) is 3.91. The fourth-order valence-corrected chi connectivity index (χ4v) is 3.91. The predicted molar refractivity (Wildman–Crippen MR) is 147 cm³/mol. The standard InChI is InChI=1S/C30H36N4O4/c1-21(31)28(35)34-27(19-23-13-16-25(38-2)17-14-23)30(37)33-26(18-15-22-9-5-3-6-10-22)29(36)32-20-24-11-7-4-8-12-24/h3-14,16-17,21,26-27H,15,18-20,31H2,1-2H3,(H,32,36)(H,33,37)(H,34,35)/t21-,26-,27-/m0/s1. The van der Waals surface area contributed by atoms with Gasteiger partial charge in [-0.15, -0.1) is 0 Å². The SMILES string of the molecule is COc1ccc(C[C@H](NC(=O)[C@H](C)N)C(=O)N[C@@H](CCc2ccccc2)C(=O)NCc2ccccc2)cc1. The molecule has 3 aromatic carbocycles. The lowest BCUT2D eigenvalue weighted by atomic mass is 10.0. The minimum atomic E-state index is -0.914. The van der Waals surface area contributed by atoms with Crippen molar-refractivity contribution in [3.8, 4) is 5.75 Å². The summed E-state index contributed by atoms with van der Waals surface area (Å²) in [6, 6.07) is 24.1. The van der Waals surface area contributed by atoms with Crippen molar-refractivity contribution < 1.29 is 19.1 Å². The fraction of sp³-hybridized carbons (Fsp3) is 0.300. The number of ether oxygens (including phenoxy) is 1. The topological polar surface area (TPSA) is 123 Å². The number of rotatable bonds is 13. The Kier molecular flexibility index (Phi) is 10.9. The molecule has 0 spiro atoms. The lowest BCUT2D eigenvalue weighted by Crippen LogP contribution is -2.56. The van der Waals surface area contributed by atoms with E-state index in [9.17, 15) is 14.4 Å². The maximum atomic E-state index is 13.5. The number of amides is 3. The van der Waals surface area contributed by atoms with Crippen LogP contribution in [0.15, 0.2) is 84.9 Å². The Morgan fingerprint density at radius 1 is 0.737 bits per heavy atom. The highest BCUT2D eigenvalue weighted by atomic mass is 16.5. The Bertz CT molecular complexity index is 1170. The molecule has 38 heavy (non-hydrogen) atoms. The number of methoxy groups -OCH3 is 1. The molecule has 200 valence electrons. The molecule has 5 N–H and O–H groups in total. The Labute approximate surface area is 224 Å². The van der Waals surface area contributed by atoms with Crippen LogP contribution in [0, 0.1) is 0 Å². The van der Waals surface area contributed by atoms with E-state index in [0.29, 0.717) is 25.1 Å². The highest BCUT2D eigenvalue weighted by Gasteiger charge is 2.27. The molecule has 0 saturated heterocycles. The molecule has 3 rings (SSSR count). The highest BCUT2D eigenvalue weighted by molar-refractivity contribution is 5.93. The van der Waals surface area contributed by atoms with Gasteiger partial charge in [0.2, 0.25) is 17.7 Å². The van der Waals surface area contributed by atoms with Gasteiger partial charge in [0.1, 0.15) is 17.8 Å². The summed E-state index contributed by atoms with van der Waals surface area (Å²) in [7, 11) is 1.58. The molecule has 0 unspecified atom stereocenters. The molecule has 0 fully saturated rings. The second kappa shape index (κ2) is 14.5. The molecule has 0 aliphatic rings. The molecule has 8 nitrogen and oxygen atoms in total. The quantitative estimate of drug-likeness (QED) is 0.278. The van der Waals surface area contributed by atoms with Crippen LogP contribution in [0.4, 0.5) is 0 Å². The van der Waals surface area contributed by atoms with Crippen LogP contribution in [0.1, 0.15) is 30.0 Å². The van der Waals surface area contributed by atoms with Crippen molar-refractivity contribution in [2.45, 2.75) is 50.9 Å². The van der Waals surface area contributed by atoms with Gasteiger partial charge in [-0.25, -0.2) is 0 Å². The Balaban J connectivity index is 1.75. The molecule has 3 aromatic rings. The average molecular weight is 517 g/mol. The first kappa shape index (κ1) is 28.4. The monoisotopic (exact) mass is 516 g/mol. The van der Waals surface area contributed by atoms with E-state index in [0.717, 1.165) is 16.7 Å². The van der Waals surface area contributed by atoms with Gasteiger partial charge in [0.05, 0.1) is 13.2 Å². The van der Waals surface area contributed by atoms with Crippen molar-refractivity contribution in [2.75, 3.05) is 7.11 Å². The third-order valence-electron chi connectivity index (χ3n) is 6.15. The summed E-state index contributed by atoms with van der Waals surface area (Å²) in [5, 5.41) is 8.54. The van der Waals surface area contributed by atoms with Crippen LogP contribution in [0.5, 0.6) is 5.75 Å². The number of nitrogens with two attached hydrogens (primary N) is 1. The number of hydrogen-bond acceptors (Lipinski definition) is 5. The van der Waals surface area contributed by atoms with Crippen LogP contribution in [0.25, 0.3) is 0 Å². The molecule has 0 aliphatic heterocycles. The zero-order valence-corrected chi connectivity index (χ0v) is 21.9. The van der Waals surface area contributed by atoms with Crippen LogP contribution >= 0.6 is 0 Å². The smallest absolute Gasteiger partial charge is 0.243 e. The first-order chi connectivity index (χ1) is 18.4. The van der Waals surface area contributed by atoms with E-state index in [4.69, 9.17) is 10.5 Å². The first-order valence-electron chi connectivity index (χ1n) is 12.7. The van der Waals surface area contributed by atoms with Crippen molar-refractivity contribution in [3.05, 3.63) is 102 Å². The summed E-state index contributed by atoms with van der Waals surface area (Å²) >= 11 is 0. The summed E-state index contributed by atoms with van der Waals surface area (Å²) in [5.74, 6) is -0.513.